The van der Waals surface area contributed by atoms with Gasteiger partial charge in [0, 0.05) is 11.1 Å². The third kappa shape index (κ3) is 4.66. The Morgan fingerprint density at radius 1 is 1.39 bits per heavy atom. The summed E-state index contributed by atoms with van der Waals surface area (Å²) in [6.07, 6.45) is 0. The van der Waals surface area contributed by atoms with E-state index in [0.717, 1.165) is 11.3 Å². The Labute approximate surface area is 212 Å². The first kappa shape index (κ1) is 25.2. The maximum absolute atomic E-state index is 13.1. The van der Waals surface area contributed by atoms with Gasteiger partial charge in [0.1, 0.15) is 29.9 Å². The smallest absolute Gasteiger partial charge is 0.453 e. The first-order chi connectivity index (χ1) is 17.1. The van der Waals surface area contributed by atoms with Crippen LogP contribution in [0.2, 0.25) is 0 Å². The number of carbonyl (C=O) groups excluding carboxylic acids is 3. The van der Waals surface area contributed by atoms with E-state index in [1.165, 1.54) is 36.1 Å². The van der Waals surface area contributed by atoms with E-state index in [4.69, 9.17) is 24.1 Å². The summed E-state index contributed by atoms with van der Waals surface area (Å²) >= 11 is 2.47. The van der Waals surface area contributed by atoms with Crippen LogP contribution in [0.25, 0.3) is 0 Å². The summed E-state index contributed by atoms with van der Waals surface area (Å²) in [5.74, 6) is -2.35. The second-order valence-electron chi connectivity index (χ2n) is 7.67. The number of nitrogen functional groups attached to an aromatic ring is 1. The molecule has 36 heavy (non-hydrogen) atoms. The lowest BCUT2D eigenvalue weighted by molar-refractivity contribution is -0.153. The number of esters is 1. The predicted octanol–water partition coefficient (Wildman–Crippen LogP) is 0.904. The molecule has 13 nitrogen and oxygen atoms in total. The van der Waals surface area contributed by atoms with Crippen molar-refractivity contribution in [3.8, 4) is 0 Å². The molecular weight excluding hydrogens is 514 g/mol. The van der Waals surface area contributed by atoms with Crippen LogP contribution in [0.15, 0.2) is 47.6 Å². The molecule has 2 aromatic rings. The van der Waals surface area contributed by atoms with E-state index < -0.39 is 35.0 Å². The highest BCUT2D eigenvalue weighted by Crippen LogP contribution is 2.42. The fourth-order valence-corrected chi connectivity index (χ4v) is 5.55. The highest BCUT2D eigenvalue weighted by atomic mass is 32.2. The molecule has 190 valence electrons. The van der Waals surface area contributed by atoms with E-state index in [0.29, 0.717) is 16.9 Å². The highest BCUT2D eigenvalue weighted by molar-refractivity contribution is 8.00. The standard InChI is InChI=1S/C21H21N5O8S2/c1-8(2)10-6-35-18-14(24-16(27)13(25-31-4)11-7-36-20(22)23-11)17(28)26(18)15(10)19(29)32-5-12-9(3)33-21(30)34-12/h7,14,18H,1,5-6H2,2-4H3,(H2,22,23)(H,24,27)/b25-13-/t14-,18-/m1/s1. The average Bonchev–Trinajstić information content (AvgIpc) is 3.41. The van der Waals surface area contributed by atoms with Crippen LogP contribution >= 0.6 is 23.1 Å². The van der Waals surface area contributed by atoms with E-state index in [9.17, 15) is 19.2 Å². The van der Waals surface area contributed by atoms with Gasteiger partial charge in [0.05, 0.1) is 0 Å². The van der Waals surface area contributed by atoms with Crippen LogP contribution in [0.1, 0.15) is 24.1 Å². The summed E-state index contributed by atoms with van der Waals surface area (Å²) in [5, 5.41) is 7.55. The third-order valence-corrected chi connectivity index (χ3v) is 7.25. The maximum atomic E-state index is 13.1. The lowest BCUT2D eigenvalue weighted by Crippen LogP contribution is -2.71. The number of thioether (sulfide) groups is 1. The van der Waals surface area contributed by atoms with Crippen LogP contribution in [0.3, 0.4) is 0 Å². The minimum absolute atomic E-state index is 0.0169. The molecule has 2 aliphatic rings. The fraction of sp³-hybridized carbons (Fsp3) is 0.333. The first-order valence-electron chi connectivity index (χ1n) is 10.4. The Hall–Kier alpha value is -3.85. The summed E-state index contributed by atoms with van der Waals surface area (Å²) in [7, 11) is 1.27. The second kappa shape index (κ2) is 10.0. The van der Waals surface area contributed by atoms with Crippen molar-refractivity contribution in [3.63, 3.8) is 0 Å². The Balaban J connectivity index is 1.52. The number of carbonyl (C=O) groups is 3. The minimum atomic E-state index is -0.941. The van der Waals surface area contributed by atoms with Crippen molar-refractivity contribution >= 4 is 51.7 Å². The van der Waals surface area contributed by atoms with Crippen molar-refractivity contribution < 1.29 is 32.8 Å². The molecule has 0 bridgehead atoms. The molecule has 3 N–H and O–H groups in total. The molecule has 2 aromatic heterocycles. The summed E-state index contributed by atoms with van der Waals surface area (Å²) < 4.78 is 14.9. The van der Waals surface area contributed by atoms with E-state index in [-0.39, 0.29) is 40.4 Å². The molecule has 0 unspecified atom stereocenters. The van der Waals surface area contributed by atoms with Crippen molar-refractivity contribution in [1.82, 2.24) is 15.2 Å². The molecule has 0 aromatic carbocycles. The minimum Gasteiger partial charge on any atom is -0.453 e. The van der Waals surface area contributed by atoms with Crippen molar-refractivity contribution in [3.05, 3.63) is 56.6 Å². The topological polar surface area (TPSA) is 180 Å². The number of ether oxygens (including phenoxy) is 1. The van der Waals surface area contributed by atoms with Crippen LogP contribution in [-0.2, 0) is 30.6 Å². The lowest BCUT2D eigenvalue weighted by atomic mass is 10.00. The van der Waals surface area contributed by atoms with Crippen molar-refractivity contribution in [1.29, 1.82) is 0 Å². The van der Waals surface area contributed by atoms with E-state index in [1.54, 1.807) is 6.92 Å². The Morgan fingerprint density at radius 2 is 2.14 bits per heavy atom. The van der Waals surface area contributed by atoms with E-state index >= 15 is 0 Å². The molecule has 1 fully saturated rings. The Morgan fingerprint density at radius 3 is 2.72 bits per heavy atom. The molecule has 2 aliphatic heterocycles. The SMILES string of the molecule is C=C(C)C1=C(C(=O)OCc2oc(=O)oc2C)N2C(=O)[C@@H](NC(=O)/C(=N\OC)c3csc(N)n3)[C@H]2SC1. The van der Waals surface area contributed by atoms with Crippen molar-refractivity contribution in [2.45, 2.75) is 31.9 Å². The quantitative estimate of drug-likeness (QED) is 0.212. The summed E-state index contributed by atoms with van der Waals surface area (Å²) in [6, 6.07) is -0.941. The molecule has 2 amide bonds. The maximum Gasteiger partial charge on any atom is 0.519 e. The monoisotopic (exact) mass is 535 g/mol. The summed E-state index contributed by atoms with van der Waals surface area (Å²) in [6.45, 7) is 6.73. The molecule has 2 atom stereocenters. The number of rotatable bonds is 8. The number of oxime groups is 1. The number of nitrogens with zero attached hydrogens (tertiary/aromatic N) is 3. The van der Waals surface area contributed by atoms with Gasteiger partial charge in [-0.2, -0.15) is 0 Å². The zero-order valence-corrected chi connectivity index (χ0v) is 21.0. The molecule has 1 saturated heterocycles. The van der Waals surface area contributed by atoms with Gasteiger partial charge in [0.25, 0.3) is 11.8 Å². The normalized spacial score (nSPS) is 19.5. The largest absolute Gasteiger partial charge is 0.519 e. The number of β-lactam (4-membered cyclic amide) rings is 1. The molecule has 0 radical (unpaired) electrons. The number of aryl methyl sites for hydroxylation is 1. The van der Waals surface area contributed by atoms with Gasteiger partial charge < -0.3 is 29.5 Å². The molecule has 0 spiro atoms. The van der Waals surface area contributed by atoms with Crippen molar-refractivity contribution in [2.24, 2.45) is 5.16 Å². The number of allylic oxidation sites excluding steroid dienone is 1. The van der Waals surface area contributed by atoms with Crippen LogP contribution in [0.4, 0.5) is 5.13 Å². The van der Waals surface area contributed by atoms with Gasteiger partial charge in [-0.05, 0) is 19.4 Å². The third-order valence-electron chi connectivity index (χ3n) is 5.30. The van der Waals surface area contributed by atoms with Gasteiger partial charge in [0.2, 0.25) is 0 Å². The number of thiazole rings is 1. The van der Waals surface area contributed by atoms with Crippen LogP contribution < -0.4 is 16.9 Å². The highest BCUT2D eigenvalue weighted by Gasteiger charge is 2.54. The van der Waals surface area contributed by atoms with Gasteiger partial charge in [-0.15, -0.1) is 23.1 Å². The Bertz CT molecular complexity index is 1370. The predicted molar refractivity (Wildman–Crippen MR) is 129 cm³/mol. The second-order valence-corrected chi connectivity index (χ2v) is 9.67. The number of hydrogen-bond donors (Lipinski definition) is 2. The first-order valence-corrected chi connectivity index (χ1v) is 12.3. The number of aromatic nitrogens is 1. The molecule has 0 saturated carbocycles. The fourth-order valence-electron chi connectivity index (χ4n) is 3.54. The summed E-state index contributed by atoms with van der Waals surface area (Å²) in [5.41, 5.74) is 6.83. The molecule has 4 heterocycles. The van der Waals surface area contributed by atoms with E-state index in [1.807, 2.05) is 0 Å². The van der Waals surface area contributed by atoms with Gasteiger partial charge in [-0.1, -0.05) is 17.3 Å². The number of fused-ring (bicyclic) bond motifs is 1. The lowest BCUT2D eigenvalue weighted by Gasteiger charge is -2.49. The van der Waals surface area contributed by atoms with Crippen LogP contribution in [-0.4, -0.2) is 57.7 Å². The zero-order chi connectivity index (χ0) is 26.1. The summed E-state index contributed by atoms with van der Waals surface area (Å²) in [4.78, 5) is 60.3. The van der Waals surface area contributed by atoms with Crippen molar-refractivity contribution in [2.75, 3.05) is 18.6 Å². The van der Waals surface area contributed by atoms with Gasteiger partial charge in [0.15, 0.2) is 29.0 Å². The number of anilines is 1. The van der Waals surface area contributed by atoms with Gasteiger partial charge >= 0.3 is 11.8 Å². The number of nitrogens with one attached hydrogen (secondary N) is 1. The van der Waals surface area contributed by atoms with E-state index in [2.05, 4.69) is 22.0 Å². The van der Waals surface area contributed by atoms with Gasteiger partial charge in [-0.25, -0.2) is 14.6 Å². The van der Waals surface area contributed by atoms with Crippen LogP contribution in [0, 0.1) is 6.92 Å². The number of nitrogens with two attached hydrogens (primary N) is 1. The molecule has 15 heteroatoms. The van der Waals surface area contributed by atoms with Gasteiger partial charge in [-0.3, -0.25) is 14.5 Å². The zero-order valence-electron chi connectivity index (χ0n) is 19.4. The molecule has 4 rings (SSSR count). The molecular formula is C21H21N5O8S2. The average molecular weight is 536 g/mol. The Kier molecular flexibility index (Phi) is 7.03. The molecule has 0 aliphatic carbocycles. The number of amides is 2. The number of hydrogen-bond acceptors (Lipinski definition) is 13. The van der Waals surface area contributed by atoms with Crippen LogP contribution in [0.5, 0.6) is 0 Å².